The minimum atomic E-state index is 0.428. The number of fused-ring (bicyclic) bond motifs is 1. The highest BCUT2D eigenvalue weighted by Crippen LogP contribution is 2.31. The molecule has 0 radical (unpaired) electrons. The lowest BCUT2D eigenvalue weighted by atomic mass is 9.94. The highest BCUT2D eigenvalue weighted by Gasteiger charge is 2.23. The fourth-order valence-corrected chi connectivity index (χ4v) is 3.37. The first kappa shape index (κ1) is 14.2. The molecule has 0 bridgehead atoms. The minimum Gasteiger partial charge on any atom is -0.398 e. The van der Waals surface area contributed by atoms with Crippen LogP contribution in [-0.2, 0) is 13.0 Å². The van der Waals surface area contributed by atoms with Crippen molar-refractivity contribution >= 4 is 5.69 Å². The van der Waals surface area contributed by atoms with E-state index < -0.39 is 0 Å². The maximum absolute atomic E-state index is 6.17. The standard InChI is InChI=1S/C19H24N2/c1-13-7-8-14(2)17(11-13)15(3)21-10-9-16-5-4-6-19(20)18(16)12-21/h4-8,11,15H,9-10,12,20H2,1-3H3. The fourth-order valence-electron chi connectivity index (χ4n) is 3.37. The van der Waals surface area contributed by atoms with E-state index in [1.54, 1.807) is 0 Å². The molecule has 0 spiro atoms. The van der Waals surface area contributed by atoms with Crippen LogP contribution >= 0.6 is 0 Å². The zero-order valence-corrected chi connectivity index (χ0v) is 13.2. The fraction of sp³-hybridized carbons (Fsp3) is 0.368. The Morgan fingerprint density at radius 2 is 1.95 bits per heavy atom. The van der Waals surface area contributed by atoms with Crippen LogP contribution in [-0.4, -0.2) is 11.4 Å². The number of nitrogens with zero attached hydrogens (tertiary/aromatic N) is 1. The molecule has 1 unspecified atom stereocenters. The third-order valence-electron chi connectivity index (χ3n) is 4.77. The molecule has 0 aromatic heterocycles. The molecule has 0 aliphatic carbocycles. The van der Waals surface area contributed by atoms with Crippen molar-refractivity contribution in [2.24, 2.45) is 0 Å². The second kappa shape index (κ2) is 5.53. The van der Waals surface area contributed by atoms with Crippen molar-refractivity contribution in [3.05, 3.63) is 64.2 Å². The zero-order valence-electron chi connectivity index (χ0n) is 13.2. The van der Waals surface area contributed by atoms with Crippen molar-refractivity contribution in [3.63, 3.8) is 0 Å². The lowest BCUT2D eigenvalue weighted by molar-refractivity contribution is 0.192. The average molecular weight is 280 g/mol. The molecule has 1 heterocycles. The number of hydrogen-bond acceptors (Lipinski definition) is 2. The SMILES string of the molecule is Cc1ccc(C)c(C(C)N2CCc3cccc(N)c3C2)c1. The molecule has 21 heavy (non-hydrogen) atoms. The molecule has 2 nitrogen and oxygen atoms in total. The number of benzene rings is 2. The average Bonchev–Trinajstić information content (AvgIpc) is 2.49. The summed E-state index contributed by atoms with van der Waals surface area (Å²) in [7, 11) is 0. The summed E-state index contributed by atoms with van der Waals surface area (Å²) in [5.74, 6) is 0. The molecule has 3 rings (SSSR count). The Balaban J connectivity index is 1.89. The summed E-state index contributed by atoms with van der Waals surface area (Å²) in [6.07, 6.45) is 1.09. The largest absolute Gasteiger partial charge is 0.398 e. The third kappa shape index (κ3) is 2.68. The Kier molecular flexibility index (Phi) is 3.73. The highest BCUT2D eigenvalue weighted by atomic mass is 15.2. The van der Waals surface area contributed by atoms with Crippen LogP contribution in [0, 0.1) is 13.8 Å². The van der Waals surface area contributed by atoms with Gasteiger partial charge in [-0.2, -0.15) is 0 Å². The van der Waals surface area contributed by atoms with E-state index in [0.717, 1.165) is 25.2 Å². The maximum Gasteiger partial charge on any atom is 0.0362 e. The Morgan fingerprint density at radius 1 is 1.14 bits per heavy atom. The zero-order chi connectivity index (χ0) is 15.0. The Bertz CT molecular complexity index is 661. The van der Waals surface area contributed by atoms with Crippen LogP contribution < -0.4 is 5.73 Å². The first-order chi connectivity index (χ1) is 10.1. The van der Waals surface area contributed by atoms with Crippen molar-refractivity contribution < 1.29 is 0 Å². The van der Waals surface area contributed by atoms with E-state index >= 15 is 0 Å². The van der Waals surface area contributed by atoms with E-state index in [1.165, 1.54) is 27.8 Å². The molecule has 2 aromatic rings. The Morgan fingerprint density at radius 3 is 2.76 bits per heavy atom. The molecule has 1 atom stereocenters. The van der Waals surface area contributed by atoms with Gasteiger partial charge in [0.25, 0.3) is 0 Å². The molecular formula is C19H24N2. The molecule has 0 saturated carbocycles. The number of nitrogens with two attached hydrogens (primary N) is 1. The lowest BCUT2D eigenvalue weighted by Gasteiger charge is -2.35. The summed E-state index contributed by atoms with van der Waals surface area (Å²) in [4.78, 5) is 2.54. The second-order valence-electron chi connectivity index (χ2n) is 6.24. The van der Waals surface area contributed by atoms with Gasteiger partial charge in [0, 0.05) is 24.8 Å². The second-order valence-corrected chi connectivity index (χ2v) is 6.24. The summed E-state index contributed by atoms with van der Waals surface area (Å²) in [5.41, 5.74) is 14.0. The van der Waals surface area contributed by atoms with Gasteiger partial charge in [-0.05, 0) is 55.5 Å². The topological polar surface area (TPSA) is 29.3 Å². The van der Waals surface area contributed by atoms with Crippen molar-refractivity contribution in [1.82, 2.24) is 4.90 Å². The Hall–Kier alpha value is -1.80. The van der Waals surface area contributed by atoms with Crippen molar-refractivity contribution in [1.29, 1.82) is 0 Å². The predicted octanol–water partition coefficient (Wildman–Crippen LogP) is 4.00. The monoisotopic (exact) mass is 280 g/mol. The molecule has 2 aromatic carbocycles. The molecule has 1 aliphatic heterocycles. The third-order valence-corrected chi connectivity index (χ3v) is 4.77. The van der Waals surface area contributed by atoms with Crippen LogP contribution in [0.3, 0.4) is 0 Å². The van der Waals surface area contributed by atoms with Crippen molar-refractivity contribution in [2.45, 2.75) is 39.8 Å². The predicted molar refractivity (Wildman–Crippen MR) is 89.3 cm³/mol. The summed E-state index contributed by atoms with van der Waals surface area (Å²) in [6, 6.07) is 13.5. The number of aryl methyl sites for hydroxylation is 2. The van der Waals surface area contributed by atoms with Gasteiger partial charge in [-0.25, -0.2) is 0 Å². The molecule has 2 heteroatoms. The van der Waals surface area contributed by atoms with E-state index in [1.807, 2.05) is 6.07 Å². The summed E-state index contributed by atoms with van der Waals surface area (Å²) >= 11 is 0. The van der Waals surface area contributed by atoms with Crippen LogP contribution in [0.4, 0.5) is 5.69 Å². The van der Waals surface area contributed by atoms with E-state index in [-0.39, 0.29) is 0 Å². The first-order valence-corrected chi connectivity index (χ1v) is 7.73. The minimum absolute atomic E-state index is 0.428. The van der Waals surface area contributed by atoms with Gasteiger partial charge in [-0.1, -0.05) is 35.9 Å². The van der Waals surface area contributed by atoms with Crippen molar-refractivity contribution in [2.75, 3.05) is 12.3 Å². The molecule has 110 valence electrons. The van der Waals surface area contributed by atoms with Crippen molar-refractivity contribution in [3.8, 4) is 0 Å². The molecule has 0 amide bonds. The lowest BCUT2D eigenvalue weighted by Crippen LogP contribution is -2.33. The van der Waals surface area contributed by atoms with Crippen LogP contribution in [0.15, 0.2) is 36.4 Å². The summed E-state index contributed by atoms with van der Waals surface area (Å²) in [6.45, 7) is 8.74. The van der Waals surface area contributed by atoms with Gasteiger partial charge in [-0.15, -0.1) is 0 Å². The highest BCUT2D eigenvalue weighted by molar-refractivity contribution is 5.52. The number of hydrogen-bond donors (Lipinski definition) is 1. The number of rotatable bonds is 2. The van der Waals surface area contributed by atoms with Crippen LogP contribution in [0.1, 0.15) is 40.8 Å². The molecule has 1 aliphatic rings. The quantitative estimate of drug-likeness (QED) is 0.842. The summed E-state index contributed by atoms with van der Waals surface area (Å²) < 4.78 is 0. The summed E-state index contributed by atoms with van der Waals surface area (Å²) in [5, 5.41) is 0. The first-order valence-electron chi connectivity index (χ1n) is 7.73. The smallest absolute Gasteiger partial charge is 0.0362 e. The van der Waals surface area contributed by atoms with E-state index in [0.29, 0.717) is 6.04 Å². The molecule has 0 fully saturated rings. The van der Waals surface area contributed by atoms with Gasteiger partial charge in [0.05, 0.1) is 0 Å². The van der Waals surface area contributed by atoms with E-state index in [9.17, 15) is 0 Å². The van der Waals surface area contributed by atoms with Gasteiger partial charge >= 0.3 is 0 Å². The number of nitrogen functional groups attached to an aromatic ring is 1. The van der Waals surface area contributed by atoms with E-state index in [4.69, 9.17) is 5.73 Å². The van der Waals surface area contributed by atoms with Crippen LogP contribution in [0.25, 0.3) is 0 Å². The van der Waals surface area contributed by atoms with Crippen LogP contribution in [0.5, 0.6) is 0 Å². The van der Waals surface area contributed by atoms with Gasteiger partial charge in [0.15, 0.2) is 0 Å². The molecular weight excluding hydrogens is 256 g/mol. The van der Waals surface area contributed by atoms with Crippen LogP contribution in [0.2, 0.25) is 0 Å². The number of anilines is 1. The normalized spacial score (nSPS) is 16.5. The molecule has 2 N–H and O–H groups in total. The van der Waals surface area contributed by atoms with Gasteiger partial charge in [-0.3, -0.25) is 4.90 Å². The Labute approximate surface area is 127 Å². The van der Waals surface area contributed by atoms with Gasteiger partial charge in [0.1, 0.15) is 0 Å². The van der Waals surface area contributed by atoms with E-state index in [2.05, 4.69) is 56.0 Å². The maximum atomic E-state index is 6.17. The van der Waals surface area contributed by atoms with Gasteiger partial charge in [0.2, 0.25) is 0 Å². The van der Waals surface area contributed by atoms with Gasteiger partial charge < -0.3 is 5.73 Å². The molecule has 0 saturated heterocycles.